The molecule has 1 saturated heterocycles. The molecule has 0 radical (unpaired) electrons. The van der Waals surface area contributed by atoms with Crippen LogP contribution in [0, 0.1) is 6.92 Å². The number of nitrogens with two attached hydrogens (primary N) is 1. The molecule has 18 heavy (non-hydrogen) atoms. The van der Waals surface area contributed by atoms with E-state index in [4.69, 9.17) is 10.8 Å². The minimum absolute atomic E-state index is 0.311. The lowest BCUT2D eigenvalue weighted by atomic mass is 10.1. The van der Waals surface area contributed by atoms with Crippen LogP contribution in [0.3, 0.4) is 0 Å². The van der Waals surface area contributed by atoms with Crippen LogP contribution in [-0.2, 0) is 4.79 Å². The zero-order valence-corrected chi connectivity index (χ0v) is 10.7. The number of carboxylic acids is 1. The van der Waals surface area contributed by atoms with Crippen LogP contribution in [0.25, 0.3) is 0 Å². The number of aryl methyl sites for hydroxylation is 1. The van der Waals surface area contributed by atoms with Crippen LogP contribution in [-0.4, -0.2) is 39.6 Å². The SMILES string of the molecule is Cc1ccc(N)c(C(=O)N2CSCC2C(=O)O)c1. The average Bonchev–Trinajstić information content (AvgIpc) is 2.80. The van der Waals surface area contributed by atoms with E-state index < -0.39 is 12.0 Å². The summed E-state index contributed by atoms with van der Waals surface area (Å²) in [5.74, 6) is -0.469. The van der Waals surface area contributed by atoms with Gasteiger partial charge in [0.1, 0.15) is 6.04 Å². The molecule has 0 spiro atoms. The van der Waals surface area contributed by atoms with Crippen LogP contribution in [0.15, 0.2) is 18.2 Å². The summed E-state index contributed by atoms with van der Waals surface area (Å²) >= 11 is 1.44. The number of hydrogen-bond donors (Lipinski definition) is 2. The highest BCUT2D eigenvalue weighted by atomic mass is 32.2. The van der Waals surface area contributed by atoms with E-state index in [1.54, 1.807) is 12.1 Å². The molecule has 3 N–H and O–H groups in total. The Morgan fingerprint density at radius 3 is 2.89 bits per heavy atom. The second kappa shape index (κ2) is 4.89. The third-order valence-electron chi connectivity index (χ3n) is 2.87. The molecule has 1 aliphatic rings. The first-order valence-corrected chi connectivity index (χ1v) is 6.64. The predicted molar refractivity (Wildman–Crippen MR) is 70.5 cm³/mol. The number of aliphatic carboxylic acids is 1. The maximum atomic E-state index is 12.3. The number of carboxylic acid groups (broad SMARTS) is 1. The van der Waals surface area contributed by atoms with E-state index in [0.717, 1.165) is 5.56 Å². The van der Waals surface area contributed by atoms with E-state index in [2.05, 4.69) is 0 Å². The van der Waals surface area contributed by atoms with Crippen molar-refractivity contribution in [3.8, 4) is 0 Å². The number of nitrogen functional groups attached to an aromatic ring is 1. The molecule has 0 bridgehead atoms. The Balaban J connectivity index is 2.31. The summed E-state index contributed by atoms with van der Waals surface area (Å²) in [6.45, 7) is 1.86. The fourth-order valence-corrected chi connectivity index (χ4v) is 3.00. The zero-order chi connectivity index (χ0) is 13.3. The minimum atomic E-state index is -0.973. The van der Waals surface area contributed by atoms with Crippen LogP contribution in [0.2, 0.25) is 0 Å². The molecule has 1 atom stereocenters. The van der Waals surface area contributed by atoms with Gasteiger partial charge in [-0.15, -0.1) is 11.8 Å². The first-order chi connectivity index (χ1) is 8.50. The smallest absolute Gasteiger partial charge is 0.327 e. The highest BCUT2D eigenvalue weighted by molar-refractivity contribution is 7.99. The average molecular weight is 266 g/mol. The van der Waals surface area contributed by atoms with Crippen LogP contribution in [0.5, 0.6) is 0 Å². The van der Waals surface area contributed by atoms with Gasteiger partial charge in [0.15, 0.2) is 0 Å². The molecule has 1 fully saturated rings. The third-order valence-corrected chi connectivity index (χ3v) is 3.88. The van der Waals surface area contributed by atoms with Gasteiger partial charge in [0.25, 0.3) is 5.91 Å². The number of anilines is 1. The van der Waals surface area contributed by atoms with Crippen molar-refractivity contribution in [2.75, 3.05) is 17.4 Å². The zero-order valence-electron chi connectivity index (χ0n) is 9.92. The predicted octanol–water partition coefficient (Wildman–Crippen LogP) is 1.18. The largest absolute Gasteiger partial charge is 0.480 e. The Bertz CT molecular complexity index is 504. The van der Waals surface area contributed by atoms with E-state index in [0.29, 0.717) is 22.9 Å². The molecule has 1 aromatic carbocycles. The molecular weight excluding hydrogens is 252 g/mol. The maximum absolute atomic E-state index is 12.3. The van der Waals surface area contributed by atoms with Crippen molar-refractivity contribution >= 4 is 29.3 Å². The van der Waals surface area contributed by atoms with Gasteiger partial charge in [-0.3, -0.25) is 4.79 Å². The number of nitrogens with zero attached hydrogens (tertiary/aromatic N) is 1. The summed E-state index contributed by atoms with van der Waals surface area (Å²) in [4.78, 5) is 24.7. The molecule has 0 aliphatic carbocycles. The van der Waals surface area contributed by atoms with E-state index in [1.807, 2.05) is 13.0 Å². The molecule has 96 valence electrons. The maximum Gasteiger partial charge on any atom is 0.327 e. The molecule has 5 nitrogen and oxygen atoms in total. The van der Waals surface area contributed by atoms with Crippen LogP contribution in [0.4, 0.5) is 5.69 Å². The highest BCUT2D eigenvalue weighted by Gasteiger charge is 2.35. The Morgan fingerprint density at radius 2 is 2.22 bits per heavy atom. The van der Waals surface area contributed by atoms with Gasteiger partial charge in [-0.05, 0) is 19.1 Å². The van der Waals surface area contributed by atoms with Crippen LogP contribution >= 0.6 is 11.8 Å². The summed E-state index contributed by atoms with van der Waals surface area (Å²) in [5.41, 5.74) is 7.46. The van der Waals surface area contributed by atoms with Crippen molar-refractivity contribution in [2.45, 2.75) is 13.0 Å². The number of thioether (sulfide) groups is 1. The minimum Gasteiger partial charge on any atom is -0.480 e. The molecule has 0 aromatic heterocycles. The van der Waals surface area contributed by atoms with E-state index in [1.165, 1.54) is 16.7 Å². The second-order valence-corrected chi connectivity index (χ2v) is 5.22. The second-order valence-electron chi connectivity index (χ2n) is 4.22. The Hall–Kier alpha value is -1.69. The standard InChI is InChI=1S/C12H14N2O3S/c1-7-2-3-9(13)8(4-7)11(15)14-6-18-5-10(14)12(16)17/h2-4,10H,5-6,13H2,1H3,(H,16,17). The van der Waals surface area contributed by atoms with Crippen molar-refractivity contribution in [3.63, 3.8) is 0 Å². The molecule has 6 heteroatoms. The van der Waals surface area contributed by atoms with Crippen molar-refractivity contribution in [3.05, 3.63) is 29.3 Å². The molecular formula is C12H14N2O3S. The Kier molecular flexibility index (Phi) is 3.47. The van der Waals surface area contributed by atoms with Crippen LogP contribution in [0.1, 0.15) is 15.9 Å². The van der Waals surface area contributed by atoms with E-state index >= 15 is 0 Å². The molecule has 1 aliphatic heterocycles. The molecule has 1 heterocycles. The summed E-state index contributed by atoms with van der Waals surface area (Å²) in [6.07, 6.45) is 0. The molecule has 2 rings (SSSR count). The Labute approximate surface area is 109 Å². The lowest BCUT2D eigenvalue weighted by Crippen LogP contribution is -2.42. The lowest BCUT2D eigenvalue weighted by molar-refractivity contribution is -0.140. The van der Waals surface area contributed by atoms with Gasteiger partial charge in [-0.1, -0.05) is 11.6 Å². The van der Waals surface area contributed by atoms with Gasteiger partial charge < -0.3 is 15.7 Å². The van der Waals surface area contributed by atoms with E-state index in [-0.39, 0.29) is 5.91 Å². The summed E-state index contributed by atoms with van der Waals surface area (Å²) in [7, 11) is 0. The lowest BCUT2D eigenvalue weighted by Gasteiger charge is -2.21. The monoisotopic (exact) mass is 266 g/mol. The fraction of sp³-hybridized carbons (Fsp3) is 0.333. The van der Waals surface area contributed by atoms with Crippen molar-refractivity contribution in [1.82, 2.24) is 4.90 Å². The van der Waals surface area contributed by atoms with Gasteiger partial charge in [0, 0.05) is 11.4 Å². The van der Waals surface area contributed by atoms with Gasteiger partial charge in [0.05, 0.1) is 11.4 Å². The van der Waals surface area contributed by atoms with Crippen molar-refractivity contribution in [1.29, 1.82) is 0 Å². The quantitative estimate of drug-likeness (QED) is 0.785. The molecule has 1 unspecified atom stereocenters. The number of carbonyl (C=O) groups is 2. The summed E-state index contributed by atoms with van der Waals surface area (Å²) in [5, 5.41) is 9.06. The number of benzene rings is 1. The van der Waals surface area contributed by atoms with Gasteiger partial charge in [0.2, 0.25) is 0 Å². The van der Waals surface area contributed by atoms with Crippen molar-refractivity contribution < 1.29 is 14.7 Å². The normalized spacial score (nSPS) is 18.9. The third kappa shape index (κ3) is 2.28. The number of amides is 1. The van der Waals surface area contributed by atoms with Crippen molar-refractivity contribution in [2.24, 2.45) is 0 Å². The van der Waals surface area contributed by atoms with Gasteiger partial charge in [-0.2, -0.15) is 0 Å². The molecule has 0 saturated carbocycles. The number of hydrogen-bond acceptors (Lipinski definition) is 4. The fourth-order valence-electron chi connectivity index (χ4n) is 1.86. The van der Waals surface area contributed by atoms with Gasteiger partial charge in [-0.25, -0.2) is 4.79 Å². The Morgan fingerprint density at radius 1 is 1.50 bits per heavy atom. The summed E-state index contributed by atoms with van der Waals surface area (Å²) in [6, 6.07) is 4.42. The topological polar surface area (TPSA) is 83.6 Å². The number of rotatable bonds is 2. The summed E-state index contributed by atoms with van der Waals surface area (Å²) < 4.78 is 0. The number of carbonyl (C=O) groups excluding carboxylic acids is 1. The molecule has 1 aromatic rings. The molecule has 1 amide bonds. The van der Waals surface area contributed by atoms with Gasteiger partial charge >= 0.3 is 5.97 Å². The highest BCUT2D eigenvalue weighted by Crippen LogP contribution is 2.25. The van der Waals surface area contributed by atoms with Crippen LogP contribution < -0.4 is 5.73 Å². The first kappa shape index (κ1) is 12.8. The first-order valence-electron chi connectivity index (χ1n) is 5.48. The van der Waals surface area contributed by atoms with E-state index in [9.17, 15) is 9.59 Å².